The van der Waals surface area contributed by atoms with Crippen LogP contribution in [0.2, 0.25) is 0 Å². The molecule has 2 amide bonds. The van der Waals surface area contributed by atoms with Crippen molar-refractivity contribution in [1.82, 2.24) is 25.8 Å². The van der Waals surface area contributed by atoms with Gasteiger partial charge in [0.25, 0.3) is 5.89 Å². The molecule has 2 aromatic heterocycles. The predicted molar refractivity (Wildman–Crippen MR) is 98.6 cm³/mol. The first kappa shape index (κ1) is 16.9. The zero-order valence-corrected chi connectivity index (χ0v) is 14.9. The molecule has 0 spiro atoms. The van der Waals surface area contributed by atoms with E-state index < -0.39 is 0 Å². The fraction of sp³-hybridized carbons (Fsp3) is 0.167. The van der Waals surface area contributed by atoms with Crippen molar-refractivity contribution in [3.05, 3.63) is 42.5 Å². The number of aromatic nitrogens is 3. The molecule has 9 heteroatoms. The van der Waals surface area contributed by atoms with Crippen LogP contribution in [0.4, 0.5) is 16.2 Å². The van der Waals surface area contributed by atoms with E-state index in [1.807, 2.05) is 31.2 Å². The Morgan fingerprint density at radius 1 is 1.30 bits per heavy atom. The summed E-state index contributed by atoms with van der Waals surface area (Å²) in [6.07, 6.45) is 3.50. The summed E-state index contributed by atoms with van der Waals surface area (Å²) in [7, 11) is 0. The lowest BCUT2D eigenvalue weighted by molar-refractivity contribution is -0.441. The van der Waals surface area contributed by atoms with Crippen molar-refractivity contribution < 1.29 is 14.6 Å². The Kier molecular flexibility index (Phi) is 4.35. The molecule has 1 aliphatic heterocycles. The molecule has 3 aromatic rings. The number of nitrogens with two attached hydrogens (primary N) is 1. The topological polar surface area (TPSA) is 122 Å². The van der Waals surface area contributed by atoms with Crippen LogP contribution in [-0.4, -0.2) is 33.7 Å². The van der Waals surface area contributed by atoms with E-state index in [0.717, 1.165) is 22.4 Å². The third-order valence-corrected chi connectivity index (χ3v) is 4.01. The van der Waals surface area contributed by atoms with Crippen LogP contribution in [0.5, 0.6) is 0 Å². The molecular weight excluding hydrogens is 346 g/mol. The number of aryl methyl sites for hydroxylation is 1. The van der Waals surface area contributed by atoms with Gasteiger partial charge in [-0.05, 0) is 37.6 Å². The van der Waals surface area contributed by atoms with Gasteiger partial charge >= 0.3 is 12.0 Å². The average Bonchev–Trinajstić information content (AvgIpc) is 3.27. The van der Waals surface area contributed by atoms with Crippen molar-refractivity contribution in [2.75, 3.05) is 6.54 Å². The van der Waals surface area contributed by atoms with Gasteiger partial charge in [-0.15, -0.1) is 0 Å². The minimum atomic E-state index is -0.303. The largest absolute Gasteiger partial charge is 0.338 e. The van der Waals surface area contributed by atoms with E-state index in [9.17, 15) is 4.79 Å². The third kappa shape index (κ3) is 3.40. The minimum absolute atomic E-state index is 0.303. The highest BCUT2D eigenvalue weighted by atomic mass is 16.5. The quantitative estimate of drug-likeness (QED) is 0.610. The van der Waals surface area contributed by atoms with Crippen LogP contribution in [-0.2, 0) is 0 Å². The standard InChI is InChI=1S/C18H17N7O2/c1-3-20-18(26)24-17-22-14-8-12(11-5-4-6-19-9-11)7-13(15(14)23-17)16-21-10(2)25-27-16/h4-9H,3H2,1-2H3,(H3,20,22,23,24,26)/p+1. The van der Waals surface area contributed by atoms with Gasteiger partial charge in [0.2, 0.25) is 0 Å². The van der Waals surface area contributed by atoms with E-state index >= 15 is 0 Å². The van der Waals surface area contributed by atoms with Crippen LogP contribution in [0, 0.1) is 6.92 Å². The monoisotopic (exact) mass is 364 g/mol. The lowest BCUT2D eigenvalue weighted by Gasteiger charge is -2.06. The van der Waals surface area contributed by atoms with E-state index in [1.54, 1.807) is 24.6 Å². The van der Waals surface area contributed by atoms with Crippen molar-refractivity contribution in [2.45, 2.75) is 13.8 Å². The van der Waals surface area contributed by atoms with E-state index in [-0.39, 0.29) is 6.03 Å². The van der Waals surface area contributed by atoms with Gasteiger partial charge in [0.15, 0.2) is 11.5 Å². The Morgan fingerprint density at radius 2 is 2.19 bits per heavy atom. The maximum absolute atomic E-state index is 11.8. The molecule has 0 radical (unpaired) electrons. The van der Waals surface area contributed by atoms with Gasteiger partial charge in [-0.2, -0.15) is 9.98 Å². The number of benzene rings is 1. The molecule has 4 rings (SSSR count). The summed E-state index contributed by atoms with van der Waals surface area (Å²) in [6.45, 7) is 4.15. The Hall–Kier alpha value is -3.59. The van der Waals surface area contributed by atoms with Gasteiger partial charge in [-0.1, -0.05) is 11.2 Å². The highest BCUT2D eigenvalue weighted by molar-refractivity contribution is 5.98. The number of quaternary nitrogens is 1. The predicted octanol–water partition coefficient (Wildman–Crippen LogP) is 1.62. The highest BCUT2D eigenvalue weighted by Crippen LogP contribution is 2.38. The fourth-order valence-corrected chi connectivity index (χ4v) is 2.85. The molecule has 136 valence electrons. The van der Waals surface area contributed by atoms with E-state index in [0.29, 0.717) is 29.9 Å². The van der Waals surface area contributed by atoms with Crippen LogP contribution in [0.25, 0.3) is 22.6 Å². The van der Waals surface area contributed by atoms with Crippen LogP contribution < -0.4 is 16.0 Å². The normalized spacial score (nSPS) is 12.4. The first-order chi connectivity index (χ1) is 13.1. The molecule has 0 bridgehead atoms. The first-order valence-electron chi connectivity index (χ1n) is 8.51. The number of aliphatic imine (C=N–C) groups is 1. The molecular formula is C18H18N7O2+. The molecule has 0 unspecified atom stereocenters. The summed E-state index contributed by atoms with van der Waals surface area (Å²) in [6, 6.07) is 7.44. The average molecular weight is 364 g/mol. The summed E-state index contributed by atoms with van der Waals surface area (Å²) < 4.78 is 5.37. The number of hydrogen-bond donors (Lipinski definition) is 3. The van der Waals surface area contributed by atoms with Gasteiger partial charge in [0.1, 0.15) is 11.3 Å². The number of rotatable bonds is 3. The maximum Gasteiger partial charge on any atom is 0.324 e. The fourth-order valence-electron chi connectivity index (χ4n) is 2.85. The number of carbonyl (C=O) groups excluding carboxylic acids is 1. The zero-order valence-electron chi connectivity index (χ0n) is 14.9. The van der Waals surface area contributed by atoms with Crippen molar-refractivity contribution in [3.8, 4) is 22.6 Å². The smallest absolute Gasteiger partial charge is 0.324 e. The van der Waals surface area contributed by atoms with Gasteiger partial charge in [-0.3, -0.25) is 4.98 Å². The second kappa shape index (κ2) is 6.96. The lowest BCUT2D eigenvalue weighted by Crippen LogP contribution is -2.85. The molecule has 1 aromatic carbocycles. The molecule has 3 heterocycles. The van der Waals surface area contributed by atoms with Crippen molar-refractivity contribution in [1.29, 1.82) is 0 Å². The Balaban J connectivity index is 1.77. The van der Waals surface area contributed by atoms with Crippen LogP contribution in [0.15, 0.2) is 46.2 Å². The summed E-state index contributed by atoms with van der Waals surface area (Å²) in [5, 5.41) is 11.1. The number of urea groups is 1. The molecule has 0 fully saturated rings. The minimum Gasteiger partial charge on any atom is -0.338 e. The summed E-state index contributed by atoms with van der Waals surface area (Å²) in [5.41, 5.74) is 4.15. The summed E-state index contributed by atoms with van der Waals surface area (Å²) in [4.78, 5) is 24.9. The molecule has 0 atom stereocenters. The number of pyridine rings is 1. The third-order valence-electron chi connectivity index (χ3n) is 4.01. The van der Waals surface area contributed by atoms with E-state index in [2.05, 4.69) is 30.8 Å². The Morgan fingerprint density at radius 3 is 2.89 bits per heavy atom. The lowest BCUT2D eigenvalue weighted by atomic mass is 10.0. The summed E-state index contributed by atoms with van der Waals surface area (Å²) in [5.74, 6) is 1.40. The molecule has 0 saturated heterocycles. The second-order valence-electron chi connectivity index (χ2n) is 5.97. The Labute approximate surface area is 154 Å². The van der Waals surface area contributed by atoms with E-state index in [1.165, 1.54) is 0 Å². The number of amides is 2. The zero-order chi connectivity index (χ0) is 18.8. The maximum atomic E-state index is 11.8. The van der Waals surface area contributed by atoms with Crippen molar-refractivity contribution in [2.24, 2.45) is 4.99 Å². The van der Waals surface area contributed by atoms with Crippen LogP contribution in [0.3, 0.4) is 0 Å². The van der Waals surface area contributed by atoms with E-state index in [4.69, 9.17) is 4.52 Å². The molecule has 9 nitrogen and oxygen atoms in total. The second-order valence-corrected chi connectivity index (χ2v) is 5.97. The van der Waals surface area contributed by atoms with Crippen LogP contribution in [0.1, 0.15) is 12.7 Å². The number of guanidine groups is 1. The van der Waals surface area contributed by atoms with Gasteiger partial charge in [0.05, 0.1) is 0 Å². The van der Waals surface area contributed by atoms with Crippen molar-refractivity contribution >= 4 is 23.4 Å². The van der Waals surface area contributed by atoms with Gasteiger partial charge in [0, 0.05) is 24.5 Å². The first-order valence-corrected chi connectivity index (χ1v) is 8.51. The number of nitrogens with one attached hydrogen (secondary N) is 2. The number of hydrogen-bond acceptors (Lipinski definition) is 6. The van der Waals surface area contributed by atoms with Crippen molar-refractivity contribution in [3.63, 3.8) is 0 Å². The number of nitrogens with zero attached hydrogens (tertiary/aromatic N) is 4. The molecule has 27 heavy (non-hydrogen) atoms. The highest BCUT2D eigenvalue weighted by Gasteiger charge is 2.28. The van der Waals surface area contributed by atoms with Gasteiger partial charge in [-0.25, -0.2) is 15.4 Å². The van der Waals surface area contributed by atoms with Gasteiger partial charge < -0.3 is 9.84 Å². The molecule has 0 aliphatic carbocycles. The molecule has 1 aliphatic rings. The Bertz CT molecular complexity index is 1030. The van der Waals surface area contributed by atoms with Crippen LogP contribution >= 0.6 is 0 Å². The SMILES string of the molecule is CCNC(=O)NC1=Nc2cc(-c3cccnc3)cc(-c3nc(C)no3)c2[NH2+]1. The summed E-state index contributed by atoms with van der Waals surface area (Å²) >= 11 is 0. The molecule has 0 saturated carbocycles. The number of fused-ring (bicyclic) bond motifs is 1. The molecule has 4 N–H and O–H groups in total. The number of carbonyl (C=O) groups is 1.